The van der Waals surface area contributed by atoms with E-state index in [0.29, 0.717) is 29.7 Å². The number of hydrogen-bond donors (Lipinski definition) is 2. The van der Waals surface area contributed by atoms with Gasteiger partial charge in [-0.2, -0.15) is 0 Å². The third kappa shape index (κ3) is 4.71. The quantitative estimate of drug-likeness (QED) is 0.538. The Labute approximate surface area is 169 Å². The van der Waals surface area contributed by atoms with Crippen molar-refractivity contribution in [2.24, 2.45) is 0 Å². The maximum Gasteiger partial charge on any atom is 0.214 e. The molecule has 2 aromatic rings. The van der Waals surface area contributed by atoms with Crippen molar-refractivity contribution in [3.63, 3.8) is 0 Å². The van der Waals surface area contributed by atoms with E-state index in [0.717, 1.165) is 19.3 Å². The van der Waals surface area contributed by atoms with Gasteiger partial charge in [0.05, 0.1) is 22.4 Å². The molecule has 0 saturated heterocycles. The summed E-state index contributed by atoms with van der Waals surface area (Å²) in [5.41, 5.74) is 7.26. The van der Waals surface area contributed by atoms with Crippen molar-refractivity contribution in [2.75, 3.05) is 12.3 Å². The molecule has 1 saturated carbocycles. The van der Waals surface area contributed by atoms with E-state index in [1.165, 1.54) is 12.1 Å². The zero-order valence-electron chi connectivity index (χ0n) is 15.3. The molecule has 0 atom stereocenters. The Morgan fingerprint density at radius 1 is 1.11 bits per heavy atom. The molecule has 0 unspecified atom stereocenters. The van der Waals surface area contributed by atoms with Gasteiger partial charge in [-0.1, -0.05) is 43.0 Å². The Bertz CT molecular complexity index is 972. The van der Waals surface area contributed by atoms with E-state index in [9.17, 15) is 17.6 Å². The highest BCUT2D eigenvalue weighted by Gasteiger charge is 2.28. The first kappa shape index (κ1) is 20.8. The predicted molar refractivity (Wildman–Crippen MR) is 109 cm³/mol. The van der Waals surface area contributed by atoms with Crippen LogP contribution < -0.4 is 10.5 Å². The standard InChI is InChI=1S/C20H22ClFN2O3S/c21-18-11-14(13-6-8-15(23)9-7-13)10-17(20(18)22)19(25)12-24-28(26,27)16-4-2-1-3-5-16/h6-11,16,24H,1-5,12,23H2. The van der Waals surface area contributed by atoms with Crippen LogP contribution in [0.3, 0.4) is 0 Å². The van der Waals surface area contributed by atoms with Crippen LogP contribution in [0.15, 0.2) is 36.4 Å². The van der Waals surface area contributed by atoms with Gasteiger partial charge < -0.3 is 5.73 Å². The number of carbonyl (C=O) groups is 1. The summed E-state index contributed by atoms with van der Waals surface area (Å²) >= 11 is 5.97. The number of benzene rings is 2. The van der Waals surface area contributed by atoms with Crippen LogP contribution in [0.25, 0.3) is 11.1 Å². The molecule has 8 heteroatoms. The molecule has 2 aromatic carbocycles. The van der Waals surface area contributed by atoms with Crippen molar-refractivity contribution in [3.8, 4) is 11.1 Å². The van der Waals surface area contributed by atoms with Crippen LogP contribution in [0.1, 0.15) is 42.5 Å². The van der Waals surface area contributed by atoms with Crippen molar-refractivity contribution in [3.05, 3.63) is 52.8 Å². The maximum absolute atomic E-state index is 14.4. The number of hydrogen-bond acceptors (Lipinski definition) is 4. The molecule has 0 spiro atoms. The number of carbonyl (C=O) groups excluding carboxylic acids is 1. The molecule has 3 rings (SSSR count). The number of sulfonamides is 1. The molecule has 1 fully saturated rings. The van der Waals surface area contributed by atoms with E-state index in [4.69, 9.17) is 17.3 Å². The minimum Gasteiger partial charge on any atom is -0.399 e. The van der Waals surface area contributed by atoms with Gasteiger partial charge >= 0.3 is 0 Å². The summed E-state index contributed by atoms with van der Waals surface area (Å²) in [5.74, 6) is -1.53. The molecule has 28 heavy (non-hydrogen) atoms. The summed E-state index contributed by atoms with van der Waals surface area (Å²) in [7, 11) is -3.62. The third-order valence-electron chi connectivity index (χ3n) is 5.00. The Morgan fingerprint density at radius 3 is 2.39 bits per heavy atom. The second kappa shape index (κ2) is 8.59. The predicted octanol–water partition coefficient (Wildman–Crippen LogP) is 4.16. The first-order valence-corrected chi connectivity index (χ1v) is 11.1. The Morgan fingerprint density at radius 2 is 1.75 bits per heavy atom. The smallest absolute Gasteiger partial charge is 0.214 e. The highest BCUT2D eigenvalue weighted by atomic mass is 35.5. The molecule has 0 aliphatic heterocycles. The highest BCUT2D eigenvalue weighted by molar-refractivity contribution is 7.90. The van der Waals surface area contributed by atoms with Gasteiger partial charge in [-0.25, -0.2) is 17.5 Å². The number of rotatable bonds is 6. The average Bonchev–Trinajstić information content (AvgIpc) is 2.69. The second-order valence-electron chi connectivity index (χ2n) is 6.99. The van der Waals surface area contributed by atoms with E-state index >= 15 is 0 Å². The van der Waals surface area contributed by atoms with Crippen LogP contribution in [0, 0.1) is 5.82 Å². The molecular weight excluding hydrogens is 403 g/mol. The van der Waals surface area contributed by atoms with Gasteiger partial charge in [0.2, 0.25) is 10.0 Å². The van der Waals surface area contributed by atoms with Gasteiger partial charge in [0.15, 0.2) is 11.6 Å². The molecule has 1 aliphatic carbocycles. The van der Waals surface area contributed by atoms with Gasteiger partial charge in [0.25, 0.3) is 0 Å². The van der Waals surface area contributed by atoms with Crippen LogP contribution in [-0.4, -0.2) is 26.0 Å². The summed E-state index contributed by atoms with van der Waals surface area (Å²) in [6, 6.07) is 9.64. The lowest BCUT2D eigenvalue weighted by Gasteiger charge is -2.21. The maximum atomic E-state index is 14.4. The van der Waals surface area contributed by atoms with Crippen molar-refractivity contribution in [2.45, 2.75) is 37.4 Å². The molecular formula is C20H22ClFN2O3S. The summed E-state index contributed by atoms with van der Waals surface area (Å²) in [4.78, 5) is 12.5. The van der Waals surface area contributed by atoms with E-state index in [-0.39, 0.29) is 10.6 Å². The number of halogens is 2. The minimum atomic E-state index is -3.62. The van der Waals surface area contributed by atoms with Crippen molar-refractivity contribution in [1.82, 2.24) is 4.72 Å². The molecule has 1 aliphatic rings. The minimum absolute atomic E-state index is 0.201. The number of Topliss-reactive ketones (excluding diaryl/α,β-unsaturated/α-hetero) is 1. The molecule has 0 radical (unpaired) electrons. The molecule has 3 N–H and O–H groups in total. The first-order valence-electron chi connectivity index (χ1n) is 9.14. The van der Waals surface area contributed by atoms with Gasteiger partial charge in [-0.3, -0.25) is 4.79 Å². The monoisotopic (exact) mass is 424 g/mol. The fraction of sp³-hybridized carbons (Fsp3) is 0.350. The molecule has 0 aromatic heterocycles. The molecule has 5 nitrogen and oxygen atoms in total. The molecule has 150 valence electrons. The normalized spacial score (nSPS) is 15.5. The number of nitrogens with two attached hydrogens (primary N) is 1. The Kier molecular flexibility index (Phi) is 6.37. The summed E-state index contributed by atoms with van der Waals surface area (Å²) < 4.78 is 41.6. The largest absolute Gasteiger partial charge is 0.399 e. The summed E-state index contributed by atoms with van der Waals surface area (Å²) in [6.45, 7) is -0.503. The Hall–Kier alpha value is -1.96. The van der Waals surface area contributed by atoms with Crippen LogP contribution >= 0.6 is 11.6 Å². The first-order chi connectivity index (χ1) is 13.3. The Balaban J connectivity index is 1.80. The number of nitrogens with one attached hydrogen (secondary N) is 1. The van der Waals surface area contributed by atoms with Crippen molar-refractivity contribution < 1.29 is 17.6 Å². The van der Waals surface area contributed by atoms with Gasteiger partial charge in [-0.15, -0.1) is 0 Å². The molecule has 0 heterocycles. The second-order valence-corrected chi connectivity index (χ2v) is 9.44. The van der Waals surface area contributed by atoms with Crippen LogP contribution in [0.4, 0.5) is 10.1 Å². The lowest BCUT2D eigenvalue weighted by molar-refractivity contribution is 0.0993. The van der Waals surface area contributed by atoms with Gasteiger partial charge in [0.1, 0.15) is 0 Å². The zero-order chi connectivity index (χ0) is 20.3. The van der Waals surface area contributed by atoms with Crippen molar-refractivity contribution in [1.29, 1.82) is 0 Å². The third-order valence-corrected chi connectivity index (χ3v) is 7.17. The molecule has 0 amide bonds. The fourth-order valence-corrected chi connectivity index (χ4v) is 5.13. The zero-order valence-corrected chi connectivity index (χ0v) is 16.8. The van der Waals surface area contributed by atoms with Gasteiger partial charge in [-0.05, 0) is 48.2 Å². The highest BCUT2D eigenvalue weighted by Crippen LogP contribution is 2.29. The fourth-order valence-electron chi connectivity index (χ4n) is 3.39. The van der Waals surface area contributed by atoms with E-state index in [1.807, 2.05) is 0 Å². The summed E-state index contributed by atoms with van der Waals surface area (Å²) in [6.07, 6.45) is 3.89. The number of nitrogen functional groups attached to an aromatic ring is 1. The number of anilines is 1. The van der Waals surface area contributed by atoms with Crippen LogP contribution in [0.2, 0.25) is 5.02 Å². The molecule has 0 bridgehead atoms. The number of ketones is 1. The van der Waals surface area contributed by atoms with E-state index < -0.39 is 33.4 Å². The lowest BCUT2D eigenvalue weighted by atomic mass is 10.0. The summed E-state index contributed by atoms with van der Waals surface area (Å²) in [5, 5.41) is -0.698. The van der Waals surface area contributed by atoms with E-state index in [2.05, 4.69) is 4.72 Å². The lowest BCUT2D eigenvalue weighted by Crippen LogP contribution is -2.38. The van der Waals surface area contributed by atoms with Crippen LogP contribution in [0.5, 0.6) is 0 Å². The average molecular weight is 425 g/mol. The topological polar surface area (TPSA) is 89.3 Å². The van der Waals surface area contributed by atoms with Crippen LogP contribution in [-0.2, 0) is 10.0 Å². The SMILES string of the molecule is Nc1ccc(-c2cc(Cl)c(F)c(C(=O)CNS(=O)(=O)C3CCCCC3)c2)cc1. The van der Waals surface area contributed by atoms with Crippen molar-refractivity contribution >= 4 is 33.1 Å². The van der Waals surface area contributed by atoms with Gasteiger partial charge in [0, 0.05) is 5.69 Å². The van der Waals surface area contributed by atoms with E-state index in [1.54, 1.807) is 24.3 Å².